The molecule has 0 aliphatic rings. The Labute approximate surface area is 241 Å². The first-order valence-electron chi connectivity index (χ1n) is 13.4. The molecule has 8 nitrogen and oxygen atoms in total. The molecule has 1 aromatic heterocycles. The smallest absolute Gasteiger partial charge is 0.265 e. The SMILES string of the molecule is CCCN(Cc1ccccc1)c1cc(NC(=O)Cc2ccc(C)cc2)cc(-c2ccccc2C(=O)NS(C)(=O)=O)n1. The molecule has 0 radical (unpaired) electrons. The van der Waals surface area contributed by atoms with E-state index >= 15 is 0 Å². The van der Waals surface area contributed by atoms with Crippen LogP contribution in [0.25, 0.3) is 11.3 Å². The fourth-order valence-electron chi connectivity index (χ4n) is 4.46. The van der Waals surface area contributed by atoms with Crippen molar-refractivity contribution in [3.05, 3.63) is 113 Å². The highest BCUT2D eigenvalue weighted by Gasteiger charge is 2.19. The summed E-state index contributed by atoms with van der Waals surface area (Å²) in [6.07, 6.45) is 1.99. The number of carbonyl (C=O) groups is 2. The number of rotatable bonds is 11. The second kappa shape index (κ2) is 13.2. The minimum absolute atomic E-state index is 0.157. The Bertz CT molecular complexity index is 1620. The molecule has 0 atom stereocenters. The molecule has 2 amide bonds. The van der Waals surface area contributed by atoms with Crippen molar-refractivity contribution < 1.29 is 18.0 Å². The van der Waals surface area contributed by atoms with E-state index in [2.05, 4.69) is 17.1 Å². The molecule has 212 valence electrons. The highest BCUT2D eigenvalue weighted by Crippen LogP contribution is 2.29. The minimum Gasteiger partial charge on any atom is -0.352 e. The second-order valence-corrected chi connectivity index (χ2v) is 11.7. The minimum atomic E-state index is -3.78. The third-order valence-corrected chi connectivity index (χ3v) is 6.90. The lowest BCUT2D eigenvalue weighted by molar-refractivity contribution is -0.115. The molecular weight excluding hydrogens is 536 g/mol. The molecule has 1 heterocycles. The van der Waals surface area contributed by atoms with Gasteiger partial charge < -0.3 is 10.2 Å². The molecule has 2 N–H and O–H groups in total. The van der Waals surface area contributed by atoms with Crippen LogP contribution in [0.15, 0.2) is 91.0 Å². The Balaban J connectivity index is 1.75. The summed E-state index contributed by atoms with van der Waals surface area (Å²) in [6, 6.07) is 28.0. The van der Waals surface area contributed by atoms with Crippen molar-refractivity contribution in [2.45, 2.75) is 33.2 Å². The molecule has 0 fully saturated rings. The lowest BCUT2D eigenvalue weighted by atomic mass is 10.0. The van der Waals surface area contributed by atoms with Crippen molar-refractivity contribution in [1.82, 2.24) is 9.71 Å². The summed E-state index contributed by atoms with van der Waals surface area (Å²) >= 11 is 0. The Kier molecular flexibility index (Phi) is 9.52. The normalized spacial score (nSPS) is 11.1. The number of nitrogens with one attached hydrogen (secondary N) is 2. The second-order valence-electron chi connectivity index (χ2n) is 9.97. The molecule has 0 bridgehead atoms. The van der Waals surface area contributed by atoms with Gasteiger partial charge in [0.2, 0.25) is 15.9 Å². The molecule has 0 aliphatic carbocycles. The Morgan fingerprint density at radius 2 is 1.56 bits per heavy atom. The molecule has 9 heteroatoms. The van der Waals surface area contributed by atoms with Gasteiger partial charge in [-0.25, -0.2) is 18.1 Å². The lowest BCUT2D eigenvalue weighted by Gasteiger charge is -2.25. The maximum Gasteiger partial charge on any atom is 0.265 e. The van der Waals surface area contributed by atoms with Crippen LogP contribution in [0, 0.1) is 6.92 Å². The Morgan fingerprint density at radius 3 is 2.24 bits per heavy atom. The number of hydrogen-bond acceptors (Lipinski definition) is 6. The van der Waals surface area contributed by atoms with Gasteiger partial charge in [-0.1, -0.05) is 85.3 Å². The Hall–Kier alpha value is -4.50. The molecule has 0 unspecified atom stereocenters. The lowest BCUT2D eigenvalue weighted by Crippen LogP contribution is -2.29. The number of hydrogen-bond donors (Lipinski definition) is 2. The number of pyridine rings is 1. The summed E-state index contributed by atoms with van der Waals surface area (Å²) in [5.74, 6) is -0.322. The molecule has 41 heavy (non-hydrogen) atoms. The quantitative estimate of drug-likeness (QED) is 0.252. The zero-order chi connectivity index (χ0) is 29.4. The van der Waals surface area contributed by atoms with Crippen molar-refractivity contribution in [3.63, 3.8) is 0 Å². The van der Waals surface area contributed by atoms with E-state index in [-0.39, 0.29) is 17.9 Å². The van der Waals surface area contributed by atoms with Crippen LogP contribution in [0.3, 0.4) is 0 Å². The summed E-state index contributed by atoms with van der Waals surface area (Å²) < 4.78 is 25.6. The average Bonchev–Trinajstić information content (AvgIpc) is 2.93. The predicted octanol–water partition coefficient (Wildman–Crippen LogP) is 5.34. The van der Waals surface area contributed by atoms with Gasteiger partial charge in [-0.2, -0.15) is 0 Å². The zero-order valence-electron chi connectivity index (χ0n) is 23.4. The number of carbonyl (C=O) groups excluding carboxylic acids is 2. The first-order chi connectivity index (χ1) is 19.6. The fourth-order valence-corrected chi connectivity index (χ4v) is 4.91. The zero-order valence-corrected chi connectivity index (χ0v) is 24.2. The number of aromatic nitrogens is 1. The maximum absolute atomic E-state index is 13.1. The number of aryl methyl sites for hydroxylation is 1. The maximum atomic E-state index is 13.1. The third kappa shape index (κ3) is 8.49. The van der Waals surface area contributed by atoms with E-state index in [0.717, 1.165) is 29.4 Å². The highest BCUT2D eigenvalue weighted by molar-refractivity contribution is 7.89. The van der Waals surface area contributed by atoms with Crippen molar-refractivity contribution in [3.8, 4) is 11.3 Å². The standard InChI is InChI=1S/C32H34N4O4S/c1-4-18-36(22-25-10-6-5-7-11-25)30-21-26(33-31(37)19-24-16-14-23(2)15-17-24)20-29(34-30)27-12-8-9-13-28(27)32(38)35-41(3,39)40/h5-17,20-21H,4,18-19,22H2,1-3H3,(H,35,38)(H,33,34,37). The van der Waals surface area contributed by atoms with Gasteiger partial charge in [0.25, 0.3) is 5.91 Å². The summed E-state index contributed by atoms with van der Waals surface area (Å²) in [4.78, 5) is 33.0. The molecule has 0 spiro atoms. The topological polar surface area (TPSA) is 108 Å². The number of benzene rings is 3. The largest absolute Gasteiger partial charge is 0.352 e. The van der Waals surface area contributed by atoms with Crippen molar-refractivity contribution in [2.75, 3.05) is 23.0 Å². The van der Waals surface area contributed by atoms with Crippen LogP contribution < -0.4 is 14.9 Å². The number of sulfonamides is 1. The summed E-state index contributed by atoms with van der Waals surface area (Å²) in [6.45, 7) is 5.38. The van der Waals surface area contributed by atoms with E-state index < -0.39 is 15.9 Å². The van der Waals surface area contributed by atoms with Crippen LogP contribution in [-0.4, -0.2) is 38.0 Å². The predicted molar refractivity (Wildman–Crippen MR) is 163 cm³/mol. The summed E-state index contributed by atoms with van der Waals surface area (Å²) in [7, 11) is -3.78. The van der Waals surface area contributed by atoms with E-state index in [9.17, 15) is 18.0 Å². The van der Waals surface area contributed by atoms with Crippen LogP contribution in [-0.2, 0) is 27.8 Å². The first kappa shape index (κ1) is 29.5. The van der Waals surface area contributed by atoms with E-state index in [4.69, 9.17) is 4.98 Å². The van der Waals surface area contributed by atoms with Crippen LogP contribution in [0.1, 0.15) is 40.4 Å². The van der Waals surface area contributed by atoms with Gasteiger partial charge in [0.15, 0.2) is 0 Å². The number of nitrogens with zero attached hydrogens (tertiary/aromatic N) is 2. The molecule has 0 aliphatic heterocycles. The average molecular weight is 571 g/mol. The van der Waals surface area contributed by atoms with E-state index in [1.807, 2.05) is 72.3 Å². The fraction of sp³-hybridized carbons (Fsp3) is 0.219. The monoisotopic (exact) mass is 570 g/mol. The summed E-state index contributed by atoms with van der Waals surface area (Å²) in [5.41, 5.74) is 4.67. The van der Waals surface area contributed by atoms with E-state index in [1.165, 1.54) is 0 Å². The Morgan fingerprint density at radius 1 is 0.878 bits per heavy atom. The molecule has 4 aromatic rings. The molecule has 3 aromatic carbocycles. The molecule has 0 saturated heterocycles. The van der Waals surface area contributed by atoms with Gasteiger partial charge in [0.05, 0.1) is 18.4 Å². The first-order valence-corrected chi connectivity index (χ1v) is 15.3. The van der Waals surface area contributed by atoms with Gasteiger partial charge in [-0.05, 0) is 36.6 Å². The van der Waals surface area contributed by atoms with Crippen LogP contribution in [0.2, 0.25) is 0 Å². The van der Waals surface area contributed by atoms with Crippen LogP contribution >= 0.6 is 0 Å². The van der Waals surface area contributed by atoms with Gasteiger partial charge in [-0.3, -0.25) is 9.59 Å². The van der Waals surface area contributed by atoms with Gasteiger partial charge >= 0.3 is 0 Å². The third-order valence-electron chi connectivity index (χ3n) is 6.34. The van der Waals surface area contributed by atoms with E-state index in [0.29, 0.717) is 35.9 Å². The van der Waals surface area contributed by atoms with Gasteiger partial charge in [0, 0.05) is 36.0 Å². The van der Waals surface area contributed by atoms with E-state index in [1.54, 1.807) is 30.3 Å². The molecule has 4 rings (SSSR count). The van der Waals surface area contributed by atoms with Crippen molar-refractivity contribution >= 4 is 33.3 Å². The van der Waals surface area contributed by atoms with Crippen LogP contribution in [0.5, 0.6) is 0 Å². The number of anilines is 2. The summed E-state index contributed by atoms with van der Waals surface area (Å²) in [5, 5.41) is 3.00. The van der Waals surface area contributed by atoms with Gasteiger partial charge in [-0.15, -0.1) is 0 Å². The van der Waals surface area contributed by atoms with Crippen LogP contribution in [0.4, 0.5) is 11.5 Å². The highest BCUT2D eigenvalue weighted by atomic mass is 32.2. The van der Waals surface area contributed by atoms with Crippen molar-refractivity contribution in [1.29, 1.82) is 0 Å². The number of amides is 2. The molecule has 0 saturated carbocycles. The van der Waals surface area contributed by atoms with Crippen molar-refractivity contribution in [2.24, 2.45) is 0 Å². The molecular formula is C32H34N4O4S. The van der Waals surface area contributed by atoms with Gasteiger partial charge in [0.1, 0.15) is 5.82 Å².